The molecule has 0 saturated heterocycles. The van der Waals surface area contributed by atoms with Crippen LogP contribution in [0.1, 0.15) is 17.5 Å². The average Bonchev–Trinajstić information content (AvgIpc) is 3.35. The van der Waals surface area contributed by atoms with E-state index in [1.807, 2.05) is 32.0 Å². The van der Waals surface area contributed by atoms with Crippen LogP contribution in [0.5, 0.6) is 0 Å². The van der Waals surface area contributed by atoms with E-state index in [0.717, 1.165) is 16.8 Å². The predicted octanol–water partition coefficient (Wildman–Crippen LogP) is 3.66. The second-order valence-electron chi connectivity index (χ2n) is 6.15. The molecule has 1 fully saturated rings. The van der Waals surface area contributed by atoms with Gasteiger partial charge in [0.2, 0.25) is 11.8 Å². The third-order valence-corrected chi connectivity index (χ3v) is 4.46. The molecule has 0 spiro atoms. The minimum absolute atomic E-state index is 0.142. The van der Waals surface area contributed by atoms with Crippen LogP contribution >= 0.6 is 0 Å². The third kappa shape index (κ3) is 3.30. The van der Waals surface area contributed by atoms with Crippen molar-refractivity contribution in [2.45, 2.75) is 20.3 Å². The third-order valence-electron chi connectivity index (χ3n) is 4.46. The minimum Gasteiger partial charge on any atom is -0.326 e. The van der Waals surface area contributed by atoms with E-state index in [1.165, 1.54) is 12.1 Å². The fraction of sp³-hybridized carbons (Fsp3) is 0.263. The van der Waals surface area contributed by atoms with E-state index < -0.39 is 11.7 Å². The molecule has 2 unspecified atom stereocenters. The molecule has 0 radical (unpaired) electrons. The van der Waals surface area contributed by atoms with Gasteiger partial charge in [-0.3, -0.25) is 9.59 Å². The van der Waals surface area contributed by atoms with E-state index in [0.29, 0.717) is 6.42 Å². The van der Waals surface area contributed by atoms with Crippen LogP contribution in [0.25, 0.3) is 0 Å². The molecule has 0 heterocycles. The minimum atomic E-state index is -0.483. The Morgan fingerprint density at radius 3 is 2.17 bits per heavy atom. The Kier molecular flexibility index (Phi) is 4.34. The van der Waals surface area contributed by atoms with E-state index in [9.17, 15) is 14.0 Å². The lowest BCUT2D eigenvalue weighted by Gasteiger charge is -2.10. The summed E-state index contributed by atoms with van der Waals surface area (Å²) in [6.07, 6.45) is 0.483. The highest BCUT2D eigenvalue weighted by Gasteiger charge is 2.48. The van der Waals surface area contributed by atoms with Gasteiger partial charge in [0.25, 0.3) is 0 Å². The summed E-state index contributed by atoms with van der Waals surface area (Å²) in [5.41, 5.74) is 3.01. The second-order valence-corrected chi connectivity index (χ2v) is 6.15. The Labute approximate surface area is 140 Å². The number of aryl methyl sites for hydroxylation is 1. The summed E-state index contributed by atoms with van der Waals surface area (Å²) in [5.74, 6) is -1.74. The number of hydrogen-bond donors (Lipinski definition) is 2. The van der Waals surface area contributed by atoms with Gasteiger partial charge in [0.05, 0.1) is 17.5 Å². The first-order chi connectivity index (χ1) is 11.5. The lowest BCUT2D eigenvalue weighted by Crippen LogP contribution is -2.21. The van der Waals surface area contributed by atoms with Crippen molar-refractivity contribution in [3.63, 3.8) is 0 Å². The monoisotopic (exact) mass is 326 g/mol. The molecule has 0 aliphatic heterocycles. The zero-order valence-electron chi connectivity index (χ0n) is 13.6. The van der Waals surface area contributed by atoms with E-state index >= 15 is 0 Å². The highest BCUT2D eigenvalue weighted by molar-refractivity contribution is 6.03. The summed E-state index contributed by atoms with van der Waals surface area (Å²) in [6.45, 7) is 3.92. The topological polar surface area (TPSA) is 58.2 Å². The van der Waals surface area contributed by atoms with Crippen molar-refractivity contribution in [2.24, 2.45) is 11.8 Å². The first kappa shape index (κ1) is 16.2. The van der Waals surface area contributed by atoms with Crippen LogP contribution in [0, 0.1) is 31.5 Å². The highest BCUT2D eigenvalue weighted by Crippen LogP contribution is 2.40. The maximum atomic E-state index is 13.6. The molecule has 1 aliphatic rings. The number of carbonyl (C=O) groups is 2. The van der Waals surface area contributed by atoms with Crippen molar-refractivity contribution in [3.05, 3.63) is 59.4 Å². The van der Waals surface area contributed by atoms with Crippen molar-refractivity contribution < 1.29 is 14.0 Å². The molecule has 1 saturated carbocycles. The number of benzene rings is 2. The molecule has 2 aromatic rings. The van der Waals surface area contributed by atoms with Gasteiger partial charge in [-0.1, -0.05) is 24.3 Å². The highest BCUT2D eigenvalue weighted by atomic mass is 19.1. The number of anilines is 2. The molecular formula is C19H19FN2O2. The molecule has 2 aromatic carbocycles. The van der Waals surface area contributed by atoms with Gasteiger partial charge < -0.3 is 10.6 Å². The summed E-state index contributed by atoms with van der Waals surface area (Å²) < 4.78 is 13.6. The standard InChI is InChI=1S/C19H19FN2O2/c1-11-6-5-9-16(12(11)2)21-18(23)13-10-14(13)19(24)22-17-8-4-3-7-15(17)20/h3-9,13-14H,10H2,1-2H3,(H,21,23)(H,22,24). The van der Waals surface area contributed by atoms with Gasteiger partial charge in [-0.15, -0.1) is 0 Å². The molecular weight excluding hydrogens is 307 g/mol. The largest absolute Gasteiger partial charge is 0.326 e. The molecule has 1 aliphatic carbocycles. The average molecular weight is 326 g/mol. The molecule has 2 amide bonds. The second kappa shape index (κ2) is 6.43. The van der Waals surface area contributed by atoms with Gasteiger partial charge >= 0.3 is 0 Å². The molecule has 5 heteroatoms. The lowest BCUT2D eigenvalue weighted by atomic mass is 10.1. The Morgan fingerprint density at radius 1 is 0.917 bits per heavy atom. The van der Waals surface area contributed by atoms with Crippen LogP contribution in [0.2, 0.25) is 0 Å². The summed E-state index contributed by atoms with van der Waals surface area (Å²) in [5, 5.41) is 5.43. The van der Waals surface area contributed by atoms with Crippen molar-refractivity contribution in [2.75, 3.05) is 10.6 Å². The first-order valence-electron chi connectivity index (χ1n) is 7.90. The number of para-hydroxylation sites is 1. The smallest absolute Gasteiger partial charge is 0.228 e. The van der Waals surface area contributed by atoms with Gasteiger partial charge in [-0.25, -0.2) is 4.39 Å². The summed E-state index contributed by atoms with van der Waals surface area (Å²) in [4.78, 5) is 24.5. The van der Waals surface area contributed by atoms with Crippen LogP contribution in [0.15, 0.2) is 42.5 Å². The number of halogens is 1. The van der Waals surface area contributed by atoms with Gasteiger partial charge in [0.1, 0.15) is 5.82 Å². The van der Waals surface area contributed by atoms with E-state index in [2.05, 4.69) is 10.6 Å². The number of hydrogen-bond acceptors (Lipinski definition) is 2. The fourth-order valence-corrected chi connectivity index (χ4v) is 2.67. The van der Waals surface area contributed by atoms with Gasteiger partial charge in [-0.2, -0.15) is 0 Å². The molecule has 4 nitrogen and oxygen atoms in total. The molecule has 0 aromatic heterocycles. The Balaban J connectivity index is 1.60. The maximum absolute atomic E-state index is 13.6. The van der Waals surface area contributed by atoms with E-state index in [1.54, 1.807) is 12.1 Å². The molecule has 124 valence electrons. The number of carbonyl (C=O) groups excluding carboxylic acids is 2. The molecule has 0 bridgehead atoms. The van der Waals surface area contributed by atoms with Crippen molar-refractivity contribution in [1.29, 1.82) is 0 Å². The quantitative estimate of drug-likeness (QED) is 0.901. The summed E-state index contributed by atoms with van der Waals surface area (Å²) in [6, 6.07) is 11.7. The van der Waals surface area contributed by atoms with Gasteiger partial charge in [0, 0.05) is 5.69 Å². The van der Waals surface area contributed by atoms with Gasteiger partial charge in [-0.05, 0) is 49.6 Å². The Hall–Kier alpha value is -2.69. The normalized spacial score (nSPS) is 18.8. The molecule has 2 N–H and O–H groups in total. The predicted molar refractivity (Wildman–Crippen MR) is 91.2 cm³/mol. The zero-order chi connectivity index (χ0) is 17.3. The van der Waals surface area contributed by atoms with E-state index in [-0.39, 0.29) is 23.4 Å². The maximum Gasteiger partial charge on any atom is 0.228 e. The van der Waals surface area contributed by atoms with Gasteiger partial charge in [0.15, 0.2) is 0 Å². The van der Waals surface area contributed by atoms with Crippen molar-refractivity contribution in [1.82, 2.24) is 0 Å². The van der Waals surface area contributed by atoms with Crippen LogP contribution in [0.3, 0.4) is 0 Å². The van der Waals surface area contributed by atoms with Crippen LogP contribution in [-0.2, 0) is 9.59 Å². The molecule has 3 rings (SSSR count). The zero-order valence-corrected chi connectivity index (χ0v) is 13.6. The number of amides is 2. The van der Waals surface area contributed by atoms with Crippen LogP contribution < -0.4 is 10.6 Å². The summed E-state index contributed by atoms with van der Waals surface area (Å²) >= 11 is 0. The summed E-state index contributed by atoms with van der Waals surface area (Å²) in [7, 11) is 0. The number of rotatable bonds is 4. The van der Waals surface area contributed by atoms with Crippen molar-refractivity contribution in [3.8, 4) is 0 Å². The number of nitrogens with one attached hydrogen (secondary N) is 2. The van der Waals surface area contributed by atoms with E-state index in [4.69, 9.17) is 0 Å². The Bertz CT molecular complexity index is 804. The fourth-order valence-electron chi connectivity index (χ4n) is 2.67. The van der Waals surface area contributed by atoms with Crippen molar-refractivity contribution >= 4 is 23.2 Å². The molecule has 24 heavy (non-hydrogen) atoms. The lowest BCUT2D eigenvalue weighted by molar-refractivity contribution is -0.122. The molecule has 2 atom stereocenters. The first-order valence-corrected chi connectivity index (χ1v) is 7.90. The Morgan fingerprint density at radius 2 is 1.50 bits per heavy atom. The van der Waals surface area contributed by atoms with Crippen LogP contribution in [0.4, 0.5) is 15.8 Å². The SMILES string of the molecule is Cc1cccc(NC(=O)C2CC2C(=O)Nc2ccccc2F)c1C. The van der Waals surface area contributed by atoms with Crippen LogP contribution in [-0.4, -0.2) is 11.8 Å².